The largest absolute Gasteiger partial charge is 0.497 e. The first-order valence-electron chi connectivity index (χ1n) is 10.7. The molecular formula is C27H19F3N4O2. The summed E-state index contributed by atoms with van der Waals surface area (Å²) >= 11 is 0. The van der Waals surface area contributed by atoms with Gasteiger partial charge in [-0.2, -0.15) is 23.5 Å². The van der Waals surface area contributed by atoms with Crippen molar-refractivity contribution in [2.24, 2.45) is 0 Å². The zero-order chi connectivity index (χ0) is 25.7. The molecule has 0 aliphatic carbocycles. The van der Waals surface area contributed by atoms with Gasteiger partial charge >= 0.3 is 6.18 Å². The summed E-state index contributed by atoms with van der Waals surface area (Å²) in [5, 5.41) is 16.7. The van der Waals surface area contributed by atoms with Crippen molar-refractivity contribution in [2.45, 2.75) is 6.18 Å². The molecule has 0 saturated carbocycles. The second-order valence-electron chi connectivity index (χ2n) is 7.64. The van der Waals surface area contributed by atoms with E-state index in [0.717, 1.165) is 17.8 Å². The molecule has 0 atom stereocenters. The Morgan fingerprint density at radius 3 is 2.42 bits per heavy atom. The van der Waals surface area contributed by atoms with E-state index in [2.05, 4.69) is 10.4 Å². The maximum absolute atomic E-state index is 13.0. The Hall–Kier alpha value is -4.84. The molecule has 4 rings (SSSR count). The van der Waals surface area contributed by atoms with E-state index in [1.54, 1.807) is 42.3 Å². The Bertz CT molecular complexity index is 1450. The van der Waals surface area contributed by atoms with E-state index in [1.165, 1.54) is 18.2 Å². The van der Waals surface area contributed by atoms with Gasteiger partial charge in [-0.25, -0.2) is 4.68 Å². The number of ether oxygens (including phenoxy) is 1. The van der Waals surface area contributed by atoms with Gasteiger partial charge in [-0.1, -0.05) is 24.3 Å². The molecule has 9 heteroatoms. The van der Waals surface area contributed by atoms with Crippen LogP contribution in [0, 0.1) is 11.3 Å². The van der Waals surface area contributed by atoms with Gasteiger partial charge in [0.15, 0.2) is 0 Å². The minimum Gasteiger partial charge on any atom is -0.497 e. The first-order valence-corrected chi connectivity index (χ1v) is 10.7. The average molecular weight is 488 g/mol. The van der Waals surface area contributed by atoms with Gasteiger partial charge in [-0.05, 0) is 60.7 Å². The lowest BCUT2D eigenvalue weighted by Crippen LogP contribution is -2.14. The lowest BCUT2D eigenvalue weighted by Gasteiger charge is -2.09. The number of halogens is 3. The summed E-state index contributed by atoms with van der Waals surface area (Å²) in [7, 11) is 1.55. The molecule has 3 aromatic carbocycles. The predicted octanol–water partition coefficient (Wildman–Crippen LogP) is 6.11. The van der Waals surface area contributed by atoms with Crippen LogP contribution in [0.2, 0.25) is 0 Å². The van der Waals surface area contributed by atoms with E-state index < -0.39 is 17.6 Å². The molecule has 0 bridgehead atoms. The molecule has 0 aliphatic rings. The fourth-order valence-electron chi connectivity index (χ4n) is 3.45. The summed E-state index contributed by atoms with van der Waals surface area (Å²) in [4.78, 5) is 12.8. The summed E-state index contributed by atoms with van der Waals surface area (Å²) in [6.45, 7) is 0. The molecule has 0 aliphatic heterocycles. The number of hydrogen-bond acceptors (Lipinski definition) is 4. The smallest absolute Gasteiger partial charge is 0.416 e. The van der Waals surface area contributed by atoms with Crippen LogP contribution >= 0.6 is 0 Å². The number of alkyl halides is 3. The molecule has 0 fully saturated rings. The number of benzene rings is 3. The number of amides is 1. The van der Waals surface area contributed by atoms with E-state index >= 15 is 0 Å². The van der Waals surface area contributed by atoms with Crippen molar-refractivity contribution in [1.82, 2.24) is 9.78 Å². The summed E-state index contributed by atoms with van der Waals surface area (Å²) in [6, 6.07) is 22.4. The Labute approximate surface area is 204 Å². The Balaban J connectivity index is 1.72. The van der Waals surface area contributed by atoms with Crippen LogP contribution in [0.3, 0.4) is 0 Å². The zero-order valence-corrected chi connectivity index (χ0v) is 19.0. The highest BCUT2D eigenvalue weighted by molar-refractivity contribution is 6.10. The molecule has 180 valence electrons. The van der Waals surface area contributed by atoms with Gasteiger partial charge < -0.3 is 10.1 Å². The zero-order valence-electron chi connectivity index (χ0n) is 19.0. The predicted molar refractivity (Wildman–Crippen MR) is 129 cm³/mol. The van der Waals surface area contributed by atoms with Gasteiger partial charge in [0.1, 0.15) is 17.4 Å². The normalized spacial score (nSPS) is 11.6. The second kappa shape index (κ2) is 10.2. The summed E-state index contributed by atoms with van der Waals surface area (Å²) in [6.07, 6.45) is -1.54. The third-order valence-corrected chi connectivity index (χ3v) is 5.24. The molecule has 1 amide bonds. The van der Waals surface area contributed by atoms with Crippen molar-refractivity contribution in [3.63, 3.8) is 0 Å². The number of methoxy groups -OCH3 is 1. The van der Waals surface area contributed by atoms with E-state index in [-0.39, 0.29) is 11.3 Å². The molecule has 36 heavy (non-hydrogen) atoms. The van der Waals surface area contributed by atoms with E-state index in [4.69, 9.17) is 4.74 Å². The second-order valence-corrected chi connectivity index (χ2v) is 7.64. The number of anilines is 1. The van der Waals surface area contributed by atoms with Gasteiger partial charge in [-0.3, -0.25) is 4.79 Å². The first kappa shape index (κ1) is 24.3. The van der Waals surface area contributed by atoms with E-state index in [1.807, 2.05) is 36.4 Å². The van der Waals surface area contributed by atoms with Crippen LogP contribution in [-0.4, -0.2) is 22.8 Å². The highest BCUT2D eigenvalue weighted by Crippen LogP contribution is 2.31. The minimum absolute atomic E-state index is 0.0775. The van der Waals surface area contributed by atoms with Gasteiger partial charge in [0.2, 0.25) is 0 Å². The number of nitrogens with zero attached hydrogens (tertiary/aromatic N) is 3. The number of nitriles is 1. The number of rotatable bonds is 6. The molecule has 0 saturated heterocycles. The highest BCUT2D eigenvalue weighted by Gasteiger charge is 2.30. The lowest BCUT2D eigenvalue weighted by molar-refractivity contribution is -0.137. The molecule has 0 unspecified atom stereocenters. The number of aromatic nitrogens is 2. The van der Waals surface area contributed by atoms with Crippen molar-refractivity contribution >= 4 is 17.7 Å². The molecule has 6 nitrogen and oxygen atoms in total. The Morgan fingerprint density at radius 1 is 1.06 bits per heavy atom. The molecule has 1 aromatic heterocycles. The van der Waals surface area contributed by atoms with Gasteiger partial charge in [0.05, 0.1) is 24.1 Å². The van der Waals surface area contributed by atoms with Gasteiger partial charge in [0, 0.05) is 23.0 Å². The van der Waals surface area contributed by atoms with Crippen LogP contribution in [0.4, 0.5) is 18.9 Å². The SMILES string of the molecule is COc1ccc(-c2nn(-c3ccccc3)cc2/C=C(\C#N)C(=O)Nc2cccc(C(F)(F)F)c2)cc1. The van der Waals surface area contributed by atoms with Crippen LogP contribution in [0.25, 0.3) is 23.0 Å². The van der Waals surface area contributed by atoms with Gasteiger partial charge in [0.25, 0.3) is 5.91 Å². The third-order valence-electron chi connectivity index (χ3n) is 5.24. The molecule has 4 aromatic rings. The average Bonchev–Trinajstić information content (AvgIpc) is 3.31. The molecule has 0 radical (unpaired) electrons. The Morgan fingerprint density at radius 2 is 1.78 bits per heavy atom. The first-order chi connectivity index (χ1) is 17.3. The van der Waals surface area contributed by atoms with Crippen molar-refractivity contribution in [3.05, 3.63) is 102 Å². The fraction of sp³-hybridized carbons (Fsp3) is 0.0741. The summed E-state index contributed by atoms with van der Waals surface area (Å²) in [5.74, 6) is -0.193. The number of nitrogens with one attached hydrogen (secondary N) is 1. The number of hydrogen-bond donors (Lipinski definition) is 1. The third kappa shape index (κ3) is 5.45. The monoisotopic (exact) mass is 488 g/mol. The standard InChI is InChI=1S/C27H19F3N4O2/c1-36-24-12-10-18(11-13-24)25-20(17-34(33-25)23-8-3-2-4-9-23)14-19(16-31)26(35)32-22-7-5-6-21(15-22)27(28,29)30/h2-15,17H,1H3,(H,32,35)/b19-14+. The van der Waals surface area contributed by atoms with Crippen LogP contribution < -0.4 is 10.1 Å². The van der Waals surface area contributed by atoms with Crippen LogP contribution in [0.1, 0.15) is 11.1 Å². The van der Waals surface area contributed by atoms with Gasteiger partial charge in [-0.15, -0.1) is 0 Å². The summed E-state index contributed by atoms with van der Waals surface area (Å²) in [5.41, 5.74) is 1.17. The van der Waals surface area contributed by atoms with Crippen LogP contribution in [0.5, 0.6) is 5.75 Å². The maximum Gasteiger partial charge on any atom is 0.416 e. The molecular weight excluding hydrogens is 469 g/mol. The van der Waals surface area contributed by atoms with Crippen molar-refractivity contribution in [3.8, 4) is 28.8 Å². The van der Waals surface area contributed by atoms with Crippen LogP contribution in [0.15, 0.2) is 90.6 Å². The fourth-order valence-corrected chi connectivity index (χ4v) is 3.45. The summed E-state index contributed by atoms with van der Waals surface area (Å²) < 4.78 is 45.9. The van der Waals surface area contributed by atoms with Crippen molar-refractivity contribution in [2.75, 3.05) is 12.4 Å². The maximum atomic E-state index is 13.0. The number of para-hydroxylation sites is 1. The molecule has 0 spiro atoms. The molecule has 1 N–H and O–H groups in total. The Kier molecular flexibility index (Phi) is 6.88. The van der Waals surface area contributed by atoms with E-state index in [0.29, 0.717) is 22.6 Å². The highest BCUT2D eigenvalue weighted by atomic mass is 19.4. The van der Waals surface area contributed by atoms with E-state index in [9.17, 15) is 23.2 Å². The minimum atomic E-state index is -4.56. The lowest BCUT2D eigenvalue weighted by atomic mass is 10.1. The number of carbonyl (C=O) groups is 1. The van der Waals surface area contributed by atoms with Crippen molar-refractivity contribution in [1.29, 1.82) is 5.26 Å². The molecule has 1 heterocycles. The van der Waals surface area contributed by atoms with Crippen LogP contribution in [-0.2, 0) is 11.0 Å². The van der Waals surface area contributed by atoms with Crippen molar-refractivity contribution < 1.29 is 22.7 Å². The number of carbonyl (C=O) groups excluding carboxylic acids is 1. The topological polar surface area (TPSA) is 79.9 Å². The quantitative estimate of drug-likeness (QED) is 0.262.